The van der Waals surface area contributed by atoms with E-state index in [9.17, 15) is 17.2 Å². The van der Waals surface area contributed by atoms with Crippen LogP contribution in [0.1, 0.15) is 12.1 Å². The zero-order valence-electron chi connectivity index (χ0n) is 7.75. The van der Waals surface area contributed by atoms with Gasteiger partial charge in [-0.3, -0.25) is 0 Å². The number of hydrogen-bond donors (Lipinski definition) is 0. The first-order valence-corrected chi connectivity index (χ1v) is 7.13. The number of aromatic nitrogens is 1. The van der Waals surface area contributed by atoms with Gasteiger partial charge in [0.15, 0.2) is 0 Å². The number of ether oxygens (including phenoxy) is 1. The lowest BCUT2D eigenvalue weighted by atomic mass is 10.3. The molecule has 0 spiro atoms. The summed E-state index contributed by atoms with van der Waals surface area (Å²) in [5, 5.41) is 0. The van der Waals surface area contributed by atoms with Gasteiger partial charge in [0, 0.05) is 14.3 Å². The van der Waals surface area contributed by atoms with Crippen LogP contribution in [0.3, 0.4) is 0 Å². The van der Waals surface area contributed by atoms with Crippen LogP contribution in [0.25, 0.3) is 0 Å². The molecule has 0 aliphatic heterocycles. The van der Waals surface area contributed by atoms with Crippen molar-refractivity contribution < 1.29 is 21.9 Å². The molecule has 9 heteroatoms. The number of hydrogen-bond acceptors (Lipinski definition) is 4. The highest BCUT2D eigenvalue weighted by Gasteiger charge is 2.23. The van der Waals surface area contributed by atoms with Crippen LogP contribution in [0, 0.1) is 3.57 Å². The van der Waals surface area contributed by atoms with Gasteiger partial charge in [-0.15, -0.1) is 0 Å². The molecule has 0 bridgehead atoms. The lowest BCUT2D eigenvalue weighted by Crippen LogP contribution is -2.04. The van der Waals surface area contributed by atoms with Crippen molar-refractivity contribution in [2.75, 3.05) is 7.11 Å². The van der Waals surface area contributed by atoms with E-state index in [-0.39, 0.29) is 3.57 Å². The van der Waals surface area contributed by atoms with E-state index >= 15 is 0 Å². The normalized spacial score (nSPS) is 11.9. The molecule has 0 aliphatic carbocycles. The Bertz CT molecular complexity index is 509. The Labute approximate surface area is 109 Å². The van der Waals surface area contributed by atoms with Crippen LogP contribution < -0.4 is 4.74 Å². The summed E-state index contributed by atoms with van der Waals surface area (Å²) in [4.78, 5) is 2.99. The van der Waals surface area contributed by atoms with Crippen LogP contribution in [0.4, 0.5) is 8.78 Å². The first-order chi connectivity index (χ1) is 7.27. The minimum absolute atomic E-state index is 0.00706. The van der Waals surface area contributed by atoms with E-state index in [2.05, 4.69) is 9.72 Å². The number of halogens is 4. The maximum absolute atomic E-state index is 12.5. The van der Waals surface area contributed by atoms with Crippen molar-refractivity contribution in [2.24, 2.45) is 0 Å². The van der Waals surface area contributed by atoms with Crippen LogP contribution in [0.15, 0.2) is 11.0 Å². The molecule has 0 aliphatic rings. The van der Waals surface area contributed by atoms with Crippen molar-refractivity contribution in [1.29, 1.82) is 0 Å². The fraction of sp³-hybridized carbons (Fsp3) is 0.286. The maximum atomic E-state index is 12.5. The van der Waals surface area contributed by atoms with E-state index in [0.717, 1.165) is 13.2 Å². The van der Waals surface area contributed by atoms with Crippen molar-refractivity contribution >= 4 is 42.3 Å². The highest BCUT2D eigenvalue weighted by molar-refractivity contribution is 14.1. The molecular formula is C7H5ClF2INO3S. The monoisotopic (exact) mass is 383 g/mol. The van der Waals surface area contributed by atoms with E-state index in [4.69, 9.17) is 10.7 Å². The molecule has 0 radical (unpaired) electrons. The second-order valence-corrected chi connectivity index (χ2v) is 6.30. The van der Waals surface area contributed by atoms with E-state index in [1.54, 1.807) is 22.6 Å². The van der Waals surface area contributed by atoms with Crippen LogP contribution in [0.2, 0.25) is 0 Å². The first kappa shape index (κ1) is 13.8. The Hall–Kier alpha value is -0.220. The zero-order valence-corrected chi connectivity index (χ0v) is 11.5. The summed E-state index contributed by atoms with van der Waals surface area (Å²) in [5.74, 6) is -0.439. The van der Waals surface area contributed by atoms with Crippen molar-refractivity contribution in [1.82, 2.24) is 4.98 Å². The summed E-state index contributed by atoms with van der Waals surface area (Å²) in [6.07, 6.45) is -2.81. The van der Waals surface area contributed by atoms with Gasteiger partial charge in [-0.25, -0.2) is 22.2 Å². The molecule has 0 unspecified atom stereocenters. The molecule has 4 nitrogen and oxygen atoms in total. The highest BCUT2D eigenvalue weighted by Crippen LogP contribution is 2.31. The molecule has 0 N–H and O–H groups in total. The lowest BCUT2D eigenvalue weighted by Gasteiger charge is -2.08. The van der Waals surface area contributed by atoms with E-state index in [1.807, 2.05) is 0 Å². The smallest absolute Gasteiger partial charge is 0.281 e. The highest BCUT2D eigenvalue weighted by atomic mass is 127. The molecule has 1 rings (SSSR count). The standard InChI is InChI=1S/C7H5ClF2INO3S/c1-15-7-4(16(8,13)14)2-3(11)5(12-7)6(9)10/h2,6H,1H3. The zero-order chi connectivity index (χ0) is 12.5. The van der Waals surface area contributed by atoms with Crippen LogP contribution in [-0.2, 0) is 9.05 Å². The number of methoxy groups -OCH3 is 1. The molecule has 90 valence electrons. The summed E-state index contributed by atoms with van der Waals surface area (Å²) < 4.78 is 51.7. The van der Waals surface area contributed by atoms with Gasteiger partial charge in [-0.05, 0) is 28.7 Å². The van der Waals surface area contributed by atoms with E-state index in [0.29, 0.717) is 0 Å². The third kappa shape index (κ3) is 2.92. The predicted molar refractivity (Wildman–Crippen MR) is 61.5 cm³/mol. The van der Waals surface area contributed by atoms with Crippen molar-refractivity contribution in [3.8, 4) is 5.88 Å². The number of rotatable bonds is 3. The molecule has 1 aromatic heterocycles. The quantitative estimate of drug-likeness (QED) is 0.595. The third-order valence-corrected chi connectivity index (χ3v) is 3.78. The molecule has 0 saturated carbocycles. The van der Waals surface area contributed by atoms with Gasteiger partial charge in [0.25, 0.3) is 15.5 Å². The average molecular weight is 384 g/mol. The maximum Gasteiger partial charge on any atom is 0.281 e. The molecular weight excluding hydrogens is 379 g/mol. The summed E-state index contributed by atoms with van der Waals surface area (Å²) in [6.45, 7) is 0. The second-order valence-electron chi connectivity index (χ2n) is 2.60. The van der Waals surface area contributed by atoms with Crippen LogP contribution in [-0.4, -0.2) is 20.5 Å². The minimum Gasteiger partial charge on any atom is -0.480 e. The molecule has 16 heavy (non-hydrogen) atoms. The SMILES string of the molecule is COc1nc(C(F)F)c(I)cc1S(=O)(=O)Cl. The van der Waals surface area contributed by atoms with Crippen LogP contribution in [0.5, 0.6) is 5.88 Å². The predicted octanol–water partition coefficient (Wildman–Crippen LogP) is 2.56. The Kier molecular flexibility index (Phi) is 4.29. The first-order valence-electron chi connectivity index (χ1n) is 3.74. The number of nitrogens with zero attached hydrogens (tertiary/aromatic N) is 1. The third-order valence-electron chi connectivity index (χ3n) is 1.60. The largest absolute Gasteiger partial charge is 0.480 e. The number of alkyl halides is 2. The molecule has 0 saturated heterocycles. The summed E-state index contributed by atoms with van der Waals surface area (Å²) in [5.41, 5.74) is -0.540. The van der Waals surface area contributed by atoms with Gasteiger partial charge in [0.1, 0.15) is 10.6 Å². The summed E-state index contributed by atoms with van der Waals surface area (Å²) in [7, 11) is 2.15. The summed E-state index contributed by atoms with van der Waals surface area (Å²) >= 11 is 1.55. The average Bonchev–Trinajstić information content (AvgIpc) is 2.15. The van der Waals surface area contributed by atoms with Gasteiger partial charge >= 0.3 is 0 Å². The second kappa shape index (κ2) is 4.96. The fourth-order valence-electron chi connectivity index (χ4n) is 0.943. The Morgan fingerprint density at radius 2 is 2.12 bits per heavy atom. The molecule has 1 heterocycles. The lowest BCUT2D eigenvalue weighted by molar-refractivity contribution is 0.143. The molecule has 1 aromatic rings. The Balaban J connectivity index is 3.51. The van der Waals surface area contributed by atoms with Gasteiger partial charge in [0.05, 0.1) is 7.11 Å². The van der Waals surface area contributed by atoms with Gasteiger partial charge in [0.2, 0.25) is 5.88 Å². The Morgan fingerprint density at radius 1 is 1.56 bits per heavy atom. The Morgan fingerprint density at radius 3 is 2.50 bits per heavy atom. The van der Waals surface area contributed by atoms with Crippen molar-refractivity contribution in [3.05, 3.63) is 15.3 Å². The fourth-order valence-corrected chi connectivity index (χ4v) is 2.75. The van der Waals surface area contributed by atoms with Gasteiger partial charge in [-0.1, -0.05) is 0 Å². The van der Waals surface area contributed by atoms with Crippen molar-refractivity contribution in [2.45, 2.75) is 11.3 Å². The molecule has 0 aromatic carbocycles. The minimum atomic E-state index is -4.08. The number of pyridine rings is 1. The van der Waals surface area contributed by atoms with E-state index < -0.39 is 31.9 Å². The van der Waals surface area contributed by atoms with Gasteiger partial charge in [-0.2, -0.15) is 0 Å². The van der Waals surface area contributed by atoms with E-state index in [1.165, 1.54) is 0 Å². The topological polar surface area (TPSA) is 56.3 Å². The van der Waals surface area contributed by atoms with Gasteiger partial charge < -0.3 is 4.74 Å². The van der Waals surface area contributed by atoms with Crippen molar-refractivity contribution in [3.63, 3.8) is 0 Å². The molecule has 0 fully saturated rings. The molecule has 0 amide bonds. The van der Waals surface area contributed by atoms with Crippen LogP contribution >= 0.6 is 33.3 Å². The summed E-state index contributed by atoms with van der Waals surface area (Å²) in [6, 6.07) is 0.996. The molecule has 0 atom stereocenters.